The van der Waals surface area contributed by atoms with Gasteiger partial charge in [-0.25, -0.2) is 4.98 Å². The van der Waals surface area contributed by atoms with Gasteiger partial charge in [0.05, 0.1) is 5.01 Å². The van der Waals surface area contributed by atoms with Gasteiger partial charge in [0, 0.05) is 43.7 Å². The van der Waals surface area contributed by atoms with Crippen LogP contribution in [0.4, 0.5) is 0 Å². The number of guanidine groups is 1. The summed E-state index contributed by atoms with van der Waals surface area (Å²) < 4.78 is 0. The molecule has 1 aromatic heterocycles. The van der Waals surface area contributed by atoms with Gasteiger partial charge in [0.25, 0.3) is 0 Å². The molecule has 0 saturated heterocycles. The summed E-state index contributed by atoms with van der Waals surface area (Å²) in [6.07, 6.45) is 3.86. The van der Waals surface area contributed by atoms with Crippen LogP contribution < -0.4 is 10.6 Å². The minimum absolute atomic E-state index is 0.405. The second-order valence-electron chi connectivity index (χ2n) is 6.30. The lowest BCUT2D eigenvalue weighted by atomic mass is 10.1. The van der Waals surface area contributed by atoms with Crippen LogP contribution in [0.2, 0.25) is 0 Å². The van der Waals surface area contributed by atoms with Gasteiger partial charge in [-0.1, -0.05) is 30.3 Å². The van der Waals surface area contributed by atoms with Crippen LogP contribution in [0, 0.1) is 6.92 Å². The van der Waals surface area contributed by atoms with E-state index in [2.05, 4.69) is 76.9 Å². The normalized spacial score (nSPS) is 13.1. The number of benzene rings is 1. The van der Waals surface area contributed by atoms with Crippen LogP contribution in [0.15, 0.2) is 41.5 Å². The molecule has 0 saturated carbocycles. The quantitative estimate of drug-likeness (QED) is 0.561. The maximum Gasteiger partial charge on any atom is 0.191 e. The summed E-state index contributed by atoms with van der Waals surface area (Å²) in [6.45, 7) is 3.76. The van der Waals surface area contributed by atoms with Gasteiger partial charge >= 0.3 is 0 Å². The molecule has 5 nitrogen and oxygen atoms in total. The Hall–Kier alpha value is -1.92. The van der Waals surface area contributed by atoms with Crippen molar-refractivity contribution in [2.24, 2.45) is 4.99 Å². The van der Waals surface area contributed by atoms with Gasteiger partial charge in [-0.15, -0.1) is 11.3 Å². The van der Waals surface area contributed by atoms with Gasteiger partial charge in [0.2, 0.25) is 0 Å². The number of aliphatic imine (C=N–C) groups is 1. The predicted octanol–water partition coefficient (Wildman–Crippen LogP) is 2.33. The fraction of sp³-hybridized carbons (Fsp3) is 0.474. The van der Waals surface area contributed by atoms with Crippen LogP contribution in [0.1, 0.15) is 15.4 Å². The summed E-state index contributed by atoms with van der Waals surface area (Å²) in [4.78, 5) is 12.2. The third-order valence-corrected chi connectivity index (χ3v) is 5.05. The number of hydrogen-bond donors (Lipinski definition) is 2. The van der Waals surface area contributed by atoms with Crippen molar-refractivity contribution in [3.05, 3.63) is 52.0 Å². The van der Waals surface area contributed by atoms with Crippen molar-refractivity contribution in [1.29, 1.82) is 0 Å². The summed E-state index contributed by atoms with van der Waals surface area (Å²) >= 11 is 1.75. The van der Waals surface area contributed by atoms with Gasteiger partial charge in [-0.2, -0.15) is 0 Å². The molecule has 0 amide bonds. The molecular formula is C19H29N5S. The van der Waals surface area contributed by atoms with Crippen LogP contribution in [0.25, 0.3) is 0 Å². The molecule has 6 heteroatoms. The molecule has 1 atom stereocenters. The largest absolute Gasteiger partial charge is 0.356 e. The Morgan fingerprint density at radius 1 is 1.24 bits per heavy atom. The van der Waals surface area contributed by atoms with Gasteiger partial charge in [-0.05, 0) is 33.0 Å². The molecule has 2 rings (SSSR count). The van der Waals surface area contributed by atoms with E-state index < -0.39 is 0 Å². The van der Waals surface area contributed by atoms with Crippen LogP contribution in [0.5, 0.6) is 0 Å². The van der Waals surface area contributed by atoms with Crippen molar-refractivity contribution < 1.29 is 0 Å². The first-order chi connectivity index (χ1) is 12.1. The average molecular weight is 360 g/mol. The first-order valence-corrected chi connectivity index (χ1v) is 9.46. The van der Waals surface area contributed by atoms with E-state index >= 15 is 0 Å². The monoisotopic (exact) mass is 359 g/mol. The first kappa shape index (κ1) is 19.4. The molecule has 0 radical (unpaired) electrons. The highest BCUT2D eigenvalue weighted by Crippen LogP contribution is 2.11. The molecule has 1 heterocycles. The van der Waals surface area contributed by atoms with Gasteiger partial charge in [0.1, 0.15) is 0 Å². The number of likely N-dealkylation sites (N-methyl/N-ethyl adjacent to an activating group) is 1. The maximum absolute atomic E-state index is 4.39. The van der Waals surface area contributed by atoms with Crippen LogP contribution in [-0.4, -0.2) is 56.1 Å². The summed E-state index contributed by atoms with van der Waals surface area (Å²) in [7, 11) is 6.05. The van der Waals surface area contributed by atoms with Crippen molar-refractivity contribution in [2.45, 2.75) is 25.8 Å². The Bertz CT molecular complexity index is 651. The van der Waals surface area contributed by atoms with E-state index in [1.54, 1.807) is 11.3 Å². The molecule has 136 valence electrons. The Kier molecular flexibility index (Phi) is 7.88. The van der Waals surface area contributed by atoms with E-state index in [1.165, 1.54) is 10.4 Å². The third kappa shape index (κ3) is 6.84. The van der Waals surface area contributed by atoms with E-state index in [0.717, 1.165) is 36.9 Å². The SMILES string of the molecule is CN=C(NCCc1ncc(C)s1)NCC(Cc1ccccc1)N(C)C. The number of aryl methyl sites for hydroxylation is 1. The van der Waals surface area contributed by atoms with Crippen molar-refractivity contribution in [2.75, 3.05) is 34.2 Å². The highest BCUT2D eigenvalue weighted by Gasteiger charge is 2.13. The summed E-state index contributed by atoms with van der Waals surface area (Å²) in [6, 6.07) is 11.0. The zero-order chi connectivity index (χ0) is 18.1. The molecule has 1 unspecified atom stereocenters. The lowest BCUT2D eigenvalue weighted by molar-refractivity contribution is 0.290. The number of nitrogens with one attached hydrogen (secondary N) is 2. The molecule has 0 fully saturated rings. The smallest absolute Gasteiger partial charge is 0.191 e. The second kappa shape index (κ2) is 10.2. The minimum Gasteiger partial charge on any atom is -0.356 e. The number of rotatable bonds is 8. The predicted molar refractivity (Wildman–Crippen MR) is 108 cm³/mol. The topological polar surface area (TPSA) is 52.6 Å². The lowest BCUT2D eigenvalue weighted by Crippen LogP contribution is -2.46. The van der Waals surface area contributed by atoms with E-state index in [-0.39, 0.29) is 0 Å². The third-order valence-electron chi connectivity index (χ3n) is 4.07. The molecule has 1 aromatic carbocycles. The molecule has 0 aliphatic carbocycles. The highest BCUT2D eigenvalue weighted by molar-refractivity contribution is 7.11. The van der Waals surface area contributed by atoms with Crippen LogP contribution in [0.3, 0.4) is 0 Å². The van der Waals surface area contributed by atoms with Crippen molar-refractivity contribution in [3.63, 3.8) is 0 Å². The van der Waals surface area contributed by atoms with Crippen molar-refractivity contribution >= 4 is 17.3 Å². The fourth-order valence-electron chi connectivity index (χ4n) is 2.56. The molecule has 2 N–H and O–H groups in total. The minimum atomic E-state index is 0.405. The molecule has 25 heavy (non-hydrogen) atoms. The molecule has 0 bridgehead atoms. The van der Waals surface area contributed by atoms with Crippen molar-refractivity contribution in [3.8, 4) is 0 Å². The molecule has 2 aromatic rings. The van der Waals surface area contributed by atoms with E-state index in [4.69, 9.17) is 0 Å². The van der Waals surface area contributed by atoms with E-state index in [0.29, 0.717) is 6.04 Å². The second-order valence-corrected chi connectivity index (χ2v) is 7.62. The van der Waals surface area contributed by atoms with Crippen molar-refractivity contribution in [1.82, 2.24) is 20.5 Å². The zero-order valence-corrected chi connectivity index (χ0v) is 16.4. The number of thiazole rings is 1. The Labute approximate surface area is 155 Å². The van der Waals surface area contributed by atoms with Gasteiger partial charge in [-0.3, -0.25) is 4.99 Å². The summed E-state index contributed by atoms with van der Waals surface area (Å²) in [5, 5.41) is 7.98. The number of hydrogen-bond acceptors (Lipinski definition) is 4. The fourth-order valence-corrected chi connectivity index (χ4v) is 3.35. The van der Waals surface area contributed by atoms with Crippen LogP contribution in [-0.2, 0) is 12.8 Å². The number of aromatic nitrogens is 1. The molecule has 0 aliphatic rings. The molecular weight excluding hydrogens is 330 g/mol. The Balaban J connectivity index is 1.78. The first-order valence-electron chi connectivity index (χ1n) is 8.64. The zero-order valence-electron chi connectivity index (χ0n) is 15.6. The average Bonchev–Trinajstić information content (AvgIpc) is 3.02. The summed E-state index contributed by atoms with van der Waals surface area (Å²) in [5.41, 5.74) is 1.35. The molecule has 0 aliphatic heterocycles. The van der Waals surface area contributed by atoms with Crippen LogP contribution >= 0.6 is 11.3 Å². The van der Waals surface area contributed by atoms with E-state index in [1.807, 2.05) is 13.2 Å². The summed E-state index contributed by atoms with van der Waals surface area (Å²) in [5.74, 6) is 0.841. The standard InChI is InChI=1S/C19H29N5S/c1-15-13-22-18(25-15)10-11-21-19(20-2)23-14-17(24(3)4)12-16-8-6-5-7-9-16/h5-9,13,17H,10-12,14H2,1-4H3,(H2,20,21,23). The highest BCUT2D eigenvalue weighted by atomic mass is 32.1. The Morgan fingerprint density at radius 2 is 2.00 bits per heavy atom. The van der Waals surface area contributed by atoms with Gasteiger partial charge < -0.3 is 15.5 Å². The molecule has 0 spiro atoms. The van der Waals surface area contributed by atoms with Gasteiger partial charge in [0.15, 0.2) is 5.96 Å². The Morgan fingerprint density at radius 3 is 2.60 bits per heavy atom. The lowest BCUT2D eigenvalue weighted by Gasteiger charge is -2.25. The van der Waals surface area contributed by atoms with E-state index in [9.17, 15) is 0 Å². The number of nitrogens with zero attached hydrogens (tertiary/aromatic N) is 3. The maximum atomic E-state index is 4.39.